The van der Waals surface area contributed by atoms with Crippen LogP contribution < -0.4 is 14.9 Å². The summed E-state index contributed by atoms with van der Waals surface area (Å²) in [6.07, 6.45) is 1.43. The molecule has 0 heterocycles. The van der Waals surface area contributed by atoms with Crippen LogP contribution in [0.4, 0.5) is 0 Å². The van der Waals surface area contributed by atoms with Gasteiger partial charge in [-0.1, -0.05) is 71.7 Å². The van der Waals surface area contributed by atoms with Gasteiger partial charge in [0.15, 0.2) is 6.61 Å². The summed E-state index contributed by atoms with van der Waals surface area (Å²) in [5.41, 5.74) is 3.11. The minimum Gasteiger partial charge on any atom is -0.484 e. The molecule has 6 nitrogen and oxygen atoms in total. The number of fused-ring (bicyclic) bond motifs is 1. The van der Waals surface area contributed by atoms with Crippen LogP contribution in [-0.2, 0) is 4.79 Å². The Morgan fingerprint density at radius 3 is 2.47 bits per heavy atom. The maximum absolute atomic E-state index is 12.8. The van der Waals surface area contributed by atoms with Crippen molar-refractivity contribution in [1.82, 2.24) is 5.43 Å². The van der Waals surface area contributed by atoms with Crippen LogP contribution >= 0.6 is 23.2 Å². The zero-order valence-electron chi connectivity index (χ0n) is 17.7. The third kappa shape index (κ3) is 5.73. The van der Waals surface area contributed by atoms with Crippen molar-refractivity contribution < 1.29 is 19.1 Å². The van der Waals surface area contributed by atoms with Gasteiger partial charge in [-0.15, -0.1) is 0 Å². The lowest BCUT2D eigenvalue weighted by atomic mass is 10.0. The summed E-state index contributed by atoms with van der Waals surface area (Å²) in [4.78, 5) is 24.9. The second kappa shape index (κ2) is 10.8. The molecule has 0 saturated heterocycles. The SMILES string of the molecule is O=C(COc1ccccc1)N/N=C\c1c(OC(=O)c2ccc(Cl)cc2Cl)ccc2ccccc12. The number of hydrazone groups is 1. The number of ether oxygens (including phenoxy) is 2. The lowest BCUT2D eigenvalue weighted by molar-refractivity contribution is -0.123. The molecule has 170 valence electrons. The van der Waals surface area contributed by atoms with E-state index in [-0.39, 0.29) is 22.9 Å². The average Bonchev–Trinajstić information content (AvgIpc) is 2.84. The van der Waals surface area contributed by atoms with Crippen LogP contribution in [0.5, 0.6) is 11.5 Å². The van der Waals surface area contributed by atoms with Crippen LogP contribution in [0.1, 0.15) is 15.9 Å². The van der Waals surface area contributed by atoms with Gasteiger partial charge in [0.2, 0.25) is 0 Å². The van der Waals surface area contributed by atoms with Gasteiger partial charge >= 0.3 is 5.97 Å². The summed E-state index contributed by atoms with van der Waals surface area (Å²) in [6, 6.07) is 24.5. The van der Waals surface area contributed by atoms with Crippen LogP contribution in [0.2, 0.25) is 10.0 Å². The second-order valence-electron chi connectivity index (χ2n) is 7.11. The molecule has 0 aromatic heterocycles. The fourth-order valence-electron chi connectivity index (χ4n) is 3.17. The summed E-state index contributed by atoms with van der Waals surface area (Å²) in [5.74, 6) is -0.252. The van der Waals surface area contributed by atoms with Gasteiger partial charge in [-0.05, 0) is 47.2 Å². The van der Waals surface area contributed by atoms with E-state index in [4.69, 9.17) is 32.7 Å². The molecule has 0 aliphatic heterocycles. The molecule has 0 aliphatic carbocycles. The van der Waals surface area contributed by atoms with Crippen molar-refractivity contribution in [3.8, 4) is 11.5 Å². The Bertz CT molecular complexity index is 1370. The first-order valence-electron chi connectivity index (χ1n) is 10.2. The van der Waals surface area contributed by atoms with Crippen molar-refractivity contribution in [3.63, 3.8) is 0 Å². The summed E-state index contributed by atoms with van der Waals surface area (Å²) in [5, 5.41) is 6.32. The van der Waals surface area contributed by atoms with Gasteiger partial charge in [0.05, 0.1) is 16.8 Å². The Hall–Kier alpha value is -3.87. The molecule has 1 amide bonds. The topological polar surface area (TPSA) is 77.0 Å². The molecule has 4 aromatic rings. The molecular weight excluding hydrogens is 475 g/mol. The van der Waals surface area contributed by atoms with Crippen molar-refractivity contribution in [2.45, 2.75) is 0 Å². The van der Waals surface area contributed by atoms with Gasteiger partial charge in [0.1, 0.15) is 11.5 Å². The molecule has 0 radical (unpaired) electrons. The van der Waals surface area contributed by atoms with Gasteiger partial charge in [0, 0.05) is 10.6 Å². The zero-order chi connectivity index (χ0) is 23.9. The van der Waals surface area contributed by atoms with Crippen molar-refractivity contribution >= 4 is 52.1 Å². The molecule has 4 rings (SSSR count). The highest BCUT2D eigenvalue weighted by Crippen LogP contribution is 2.29. The number of hydrogen-bond donors (Lipinski definition) is 1. The predicted octanol–water partition coefficient (Wildman–Crippen LogP) is 5.89. The molecular formula is C26H18Cl2N2O4. The Labute approximate surface area is 205 Å². The number of halogens is 2. The molecule has 4 aromatic carbocycles. The van der Waals surface area contributed by atoms with E-state index in [1.165, 1.54) is 18.3 Å². The average molecular weight is 493 g/mol. The third-order valence-corrected chi connectivity index (χ3v) is 5.33. The number of rotatable bonds is 7. The van der Waals surface area contributed by atoms with Crippen molar-refractivity contribution in [2.75, 3.05) is 6.61 Å². The van der Waals surface area contributed by atoms with Crippen LogP contribution in [0.3, 0.4) is 0 Å². The highest BCUT2D eigenvalue weighted by molar-refractivity contribution is 6.36. The molecule has 0 fully saturated rings. The molecule has 0 aliphatic rings. The number of carbonyl (C=O) groups is 2. The maximum atomic E-state index is 12.8. The van der Waals surface area contributed by atoms with Crippen LogP contribution in [0, 0.1) is 0 Å². The minimum atomic E-state index is -0.646. The standard InChI is InChI=1S/C26H18Cl2N2O4/c27-18-11-12-21(23(28)14-18)26(32)34-24-13-10-17-6-4-5-9-20(17)22(24)15-29-30-25(31)16-33-19-7-2-1-3-8-19/h1-15H,16H2,(H,30,31)/b29-15-. The monoisotopic (exact) mass is 492 g/mol. The Balaban J connectivity index is 1.53. The molecule has 34 heavy (non-hydrogen) atoms. The van der Waals surface area contributed by atoms with Crippen LogP contribution in [-0.4, -0.2) is 24.7 Å². The predicted molar refractivity (Wildman–Crippen MR) is 133 cm³/mol. The van der Waals surface area contributed by atoms with Crippen molar-refractivity contribution in [1.29, 1.82) is 0 Å². The first-order chi connectivity index (χ1) is 16.5. The summed E-state index contributed by atoms with van der Waals surface area (Å²) in [6.45, 7) is -0.201. The van der Waals surface area contributed by atoms with E-state index >= 15 is 0 Å². The van der Waals surface area contributed by atoms with E-state index in [1.54, 1.807) is 24.3 Å². The molecule has 8 heteroatoms. The minimum absolute atomic E-state index is 0.175. The van der Waals surface area contributed by atoms with Crippen molar-refractivity contribution in [3.05, 3.63) is 106 Å². The van der Waals surface area contributed by atoms with Crippen LogP contribution in [0.25, 0.3) is 10.8 Å². The van der Waals surface area contributed by atoms with E-state index in [9.17, 15) is 9.59 Å². The summed E-state index contributed by atoms with van der Waals surface area (Å²) < 4.78 is 11.0. The van der Waals surface area contributed by atoms with E-state index in [1.807, 2.05) is 48.5 Å². The van der Waals surface area contributed by atoms with E-state index in [0.717, 1.165) is 10.8 Å². The molecule has 0 saturated carbocycles. The third-order valence-electron chi connectivity index (χ3n) is 4.78. The highest BCUT2D eigenvalue weighted by Gasteiger charge is 2.16. The van der Waals surface area contributed by atoms with Gasteiger partial charge in [-0.2, -0.15) is 5.10 Å². The van der Waals surface area contributed by atoms with E-state index in [2.05, 4.69) is 10.5 Å². The van der Waals surface area contributed by atoms with Crippen molar-refractivity contribution in [2.24, 2.45) is 5.10 Å². The normalized spacial score (nSPS) is 10.9. The number of nitrogens with one attached hydrogen (secondary N) is 1. The fourth-order valence-corrected chi connectivity index (χ4v) is 3.66. The molecule has 1 N–H and O–H groups in total. The van der Waals surface area contributed by atoms with Gasteiger partial charge < -0.3 is 9.47 Å². The number of esters is 1. The van der Waals surface area contributed by atoms with Gasteiger partial charge in [-0.25, -0.2) is 10.2 Å². The molecule has 0 bridgehead atoms. The smallest absolute Gasteiger partial charge is 0.345 e. The second-order valence-corrected chi connectivity index (χ2v) is 7.95. The fraction of sp³-hybridized carbons (Fsp3) is 0.0385. The quantitative estimate of drug-likeness (QED) is 0.151. The van der Waals surface area contributed by atoms with Gasteiger partial charge in [-0.3, -0.25) is 4.79 Å². The maximum Gasteiger partial charge on any atom is 0.345 e. The number of carbonyl (C=O) groups excluding carboxylic acids is 2. The summed E-state index contributed by atoms with van der Waals surface area (Å²) in [7, 11) is 0. The largest absolute Gasteiger partial charge is 0.484 e. The van der Waals surface area contributed by atoms with Gasteiger partial charge in [0.25, 0.3) is 5.91 Å². The Morgan fingerprint density at radius 2 is 1.68 bits per heavy atom. The number of benzene rings is 4. The lowest BCUT2D eigenvalue weighted by Gasteiger charge is -2.11. The number of para-hydroxylation sites is 1. The molecule has 0 spiro atoms. The highest BCUT2D eigenvalue weighted by atomic mass is 35.5. The first-order valence-corrected chi connectivity index (χ1v) is 11.0. The molecule has 0 unspecified atom stereocenters. The first kappa shape index (κ1) is 23.3. The number of hydrogen-bond acceptors (Lipinski definition) is 5. The zero-order valence-corrected chi connectivity index (χ0v) is 19.2. The Kier molecular flexibility index (Phi) is 7.42. The summed E-state index contributed by atoms with van der Waals surface area (Å²) >= 11 is 12.1. The Morgan fingerprint density at radius 1 is 0.912 bits per heavy atom. The van der Waals surface area contributed by atoms with E-state index in [0.29, 0.717) is 16.3 Å². The van der Waals surface area contributed by atoms with Crippen LogP contribution in [0.15, 0.2) is 90.0 Å². The van der Waals surface area contributed by atoms with E-state index < -0.39 is 11.9 Å². The number of amides is 1. The number of nitrogens with zero attached hydrogens (tertiary/aromatic N) is 1. The lowest BCUT2D eigenvalue weighted by Crippen LogP contribution is -2.24. The molecule has 0 atom stereocenters.